The Morgan fingerprint density at radius 3 is 2.87 bits per heavy atom. The van der Waals surface area contributed by atoms with Gasteiger partial charge in [-0.15, -0.1) is 0 Å². The molecule has 5 heteroatoms. The Labute approximate surface area is 95.8 Å². The minimum Gasteiger partial charge on any atom is -0.507 e. The fourth-order valence-corrected chi connectivity index (χ4v) is 1.71. The Kier molecular flexibility index (Phi) is 2.93. The Morgan fingerprint density at radius 2 is 2.27 bits per heavy atom. The first kappa shape index (κ1) is 10.4. The number of halogens is 1. The second-order valence-electron chi connectivity index (χ2n) is 3.49. The molecule has 1 aromatic carbocycles. The number of carbonyl (C=O) groups excluding carboxylic acids is 1. The number of amides is 1. The number of nitrogens with one attached hydrogen (secondary N) is 2. The summed E-state index contributed by atoms with van der Waals surface area (Å²) in [7, 11) is 0. The lowest BCUT2D eigenvalue weighted by molar-refractivity contribution is 0.0921. The number of phenolic OH excluding ortho intramolecular Hbond substituents is 1. The summed E-state index contributed by atoms with van der Waals surface area (Å²) in [5.74, 6) is -0.233. The fourth-order valence-electron chi connectivity index (χ4n) is 1.34. The average molecular weight is 271 g/mol. The highest BCUT2D eigenvalue weighted by atomic mass is 79.9. The van der Waals surface area contributed by atoms with Crippen LogP contribution >= 0.6 is 15.9 Å². The van der Waals surface area contributed by atoms with Crippen molar-refractivity contribution in [3.63, 3.8) is 0 Å². The van der Waals surface area contributed by atoms with Gasteiger partial charge in [-0.3, -0.25) is 4.79 Å². The SMILES string of the molecule is O=C(NC1CNC1)c1cc(Br)ccc1O. The molecular weight excluding hydrogens is 260 g/mol. The molecule has 4 nitrogen and oxygen atoms in total. The van der Waals surface area contributed by atoms with Gasteiger partial charge in [-0.05, 0) is 18.2 Å². The molecule has 80 valence electrons. The van der Waals surface area contributed by atoms with Crippen molar-refractivity contribution < 1.29 is 9.90 Å². The van der Waals surface area contributed by atoms with E-state index in [-0.39, 0.29) is 17.7 Å². The molecule has 1 heterocycles. The van der Waals surface area contributed by atoms with Gasteiger partial charge in [0, 0.05) is 17.6 Å². The molecule has 0 spiro atoms. The van der Waals surface area contributed by atoms with Crippen LogP contribution in [0.15, 0.2) is 22.7 Å². The fraction of sp³-hybridized carbons (Fsp3) is 0.300. The van der Waals surface area contributed by atoms with Gasteiger partial charge in [0.2, 0.25) is 0 Å². The van der Waals surface area contributed by atoms with E-state index in [2.05, 4.69) is 26.6 Å². The van der Waals surface area contributed by atoms with E-state index >= 15 is 0 Å². The Hall–Kier alpha value is -1.07. The van der Waals surface area contributed by atoms with Gasteiger partial charge < -0.3 is 15.7 Å². The molecule has 0 bridgehead atoms. The van der Waals surface area contributed by atoms with E-state index in [9.17, 15) is 9.90 Å². The molecule has 0 saturated carbocycles. The number of aromatic hydroxyl groups is 1. The monoisotopic (exact) mass is 270 g/mol. The zero-order chi connectivity index (χ0) is 10.8. The summed E-state index contributed by atoms with van der Waals surface area (Å²) >= 11 is 3.26. The predicted octanol–water partition coefficient (Wildman–Crippen LogP) is 0.856. The van der Waals surface area contributed by atoms with Gasteiger partial charge in [0.05, 0.1) is 11.6 Å². The van der Waals surface area contributed by atoms with E-state index in [1.165, 1.54) is 6.07 Å². The normalized spacial score (nSPS) is 15.8. The predicted molar refractivity (Wildman–Crippen MR) is 59.9 cm³/mol. The van der Waals surface area contributed by atoms with Crippen molar-refractivity contribution >= 4 is 21.8 Å². The van der Waals surface area contributed by atoms with Gasteiger partial charge in [0.15, 0.2) is 0 Å². The van der Waals surface area contributed by atoms with Crippen LogP contribution in [0.2, 0.25) is 0 Å². The van der Waals surface area contributed by atoms with Crippen LogP contribution in [0.1, 0.15) is 10.4 Å². The van der Waals surface area contributed by atoms with E-state index in [1.54, 1.807) is 12.1 Å². The van der Waals surface area contributed by atoms with Crippen molar-refractivity contribution in [3.8, 4) is 5.75 Å². The van der Waals surface area contributed by atoms with Crippen LogP contribution in [0.25, 0.3) is 0 Å². The molecule has 1 aliphatic heterocycles. The first-order valence-electron chi connectivity index (χ1n) is 4.67. The molecule has 0 atom stereocenters. The molecular formula is C10H11BrN2O2. The summed E-state index contributed by atoms with van der Waals surface area (Å²) in [6.07, 6.45) is 0. The van der Waals surface area contributed by atoms with Gasteiger partial charge in [-0.25, -0.2) is 0 Å². The molecule has 0 unspecified atom stereocenters. The van der Waals surface area contributed by atoms with Gasteiger partial charge in [-0.1, -0.05) is 15.9 Å². The number of rotatable bonds is 2. The molecule has 1 amide bonds. The van der Waals surface area contributed by atoms with E-state index in [0.29, 0.717) is 5.56 Å². The summed E-state index contributed by atoms with van der Waals surface area (Å²) in [6.45, 7) is 1.58. The lowest BCUT2D eigenvalue weighted by Crippen LogP contribution is -2.56. The van der Waals surface area contributed by atoms with Crippen molar-refractivity contribution in [3.05, 3.63) is 28.2 Å². The van der Waals surface area contributed by atoms with Crippen LogP contribution in [0.5, 0.6) is 5.75 Å². The summed E-state index contributed by atoms with van der Waals surface area (Å²) < 4.78 is 0.775. The van der Waals surface area contributed by atoms with E-state index in [4.69, 9.17) is 0 Å². The molecule has 3 N–H and O–H groups in total. The van der Waals surface area contributed by atoms with E-state index < -0.39 is 0 Å². The smallest absolute Gasteiger partial charge is 0.255 e. The highest BCUT2D eigenvalue weighted by Crippen LogP contribution is 2.21. The first-order valence-corrected chi connectivity index (χ1v) is 5.46. The molecule has 0 radical (unpaired) electrons. The number of benzene rings is 1. The Bertz CT molecular complexity index is 391. The number of carbonyl (C=O) groups is 1. The van der Waals surface area contributed by atoms with E-state index in [1.807, 2.05) is 0 Å². The number of phenols is 1. The zero-order valence-electron chi connectivity index (χ0n) is 7.96. The third kappa shape index (κ3) is 2.30. The largest absolute Gasteiger partial charge is 0.507 e. The van der Waals surface area contributed by atoms with Crippen LogP contribution in [-0.4, -0.2) is 30.1 Å². The topological polar surface area (TPSA) is 61.4 Å². The molecule has 1 fully saturated rings. The number of hydrogen-bond acceptors (Lipinski definition) is 3. The van der Waals surface area contributed by atoms with Crippen LogP contribution in [0, 0.1) is 0 Å². The second-order valence-corrected chi connectivity index (χ2v) is 4.41. The molecule has 1 aliphatic rings. The molecule has 1 aromatic rings. The quantitative estimate of drug-likeness (QED) is 0.747. The van der Waals surface area contributed by atoms with Crippen LogP contribution in [0.4, 0.5) is 0 Å². The van der Waals surface area contributed by atoms with Crippen molar-refractivity contribution in [2.45, 2.75) is 6.04 Å². The Morgan fingerprint density at radius 1 is 1.53 bits per heavy atom. The zero-order valence-corrected chi connectivity index (χ0v) is 9.54. The minimum atomic E-state index is -0.236. The molecule has 1 saturated heterocycles. The lowest BCUT2D eigenvalue weighted by atomic mass is 10.1. The standard InChI is InChI=1S/C10H11BrN2O2/c11-6-1-2-9(14)8(3-6)10(15)13-7-4-12-5-7/h1-3,7,12,14H,4-5H2,(H,13,15). The maximum Gasteiger partial charge on any atom is 0.255 e. The van der Waals surface area contributed by atoms with Gasteiger partial charge in [0.25, 0.3) is 5.91 Å². The average Bonchev–Trinajstić information content (AvgIpc) is 2.15. The molecule has 0 aliphatic carbocycles. The molecule has 2 rings (SSSR count). The summed E-state index contributed by atoms with van der Waals surface area (Å²) in [5.41, 5.74) is 0.302. The summed E-state index contributed by atoms with van der Waals surface area (Å²) in [5, 5.41) is 15.4. The van der Waals surface area contributed by atoms with Crippen LogP contribution in [0.3, 0.4) is 0 Å². The summed E-state index contributed by atoms with van der Waals surface area (Å²) in [4.78, 5) is 11.7. The molecule has 0 aromatic heterocycles. The third-order valence-electron chi connectivity index (χ3n) is 2.32. The van der Waals surface area contributed by atoms with Gasteiger partial charge in [0.1, 0.15) is 5.75 Å². The highest BCUT2D eigenvalue weighted by Gasteiger charge is 2.21. The van der Waals surface area contributed by atoms with Crippen LogP contribution in [-0.2, 0) is 0 Å². The lowest BCUT2D eigenvalue weighted by Gasteiger charge is -2.28. The minimum absolute atomic E-state index is 0.00276. The van der Waals surface area contributed by atoms with Crippen molar-refractivity contribution in [2.75, 3.05) is 13.1 Å². The maximum atomic E-state index is 11.7. The third-order valence-corrected chi connectivity index (χ3v) is 2.81. The number of hydrogen-bond donors (Lipinski definition) is 3. The second kappa shape index (κ2) is 4.20. The highest BCUT2D eigenvalue weighted by molar-refractivity contribution is 9.10. The molecule has 15 heavy (non-hydrogen) atoms. The maximum absolute atomic E-state index is 11.7. The van der Waals surface area contributed by atoms with Crippen molar-refractivity contribution in [1.29, 1.82) is 0 Å². The van der Waals surface area contributed by atoms with Crippen molar-refractivity contribution in [1.82, 2.24) is 10.6 Å². The van der Waals surface area contributed by atoms with E-state index in [0.717, 1.165) is 17.6 Å². The van der Waals surface area contributed by atoms with Gasteiger partial charge >= 0.3 is 0 Å². The van der Waals surface area contributed by atoms with Gasteiger partial charge in [-0.2, -0.15) is 0 Å². The Balaban J connectivity index is 2.12. The summed E-state index contributed by atoms with van der Waals surface area (Å²) in [6, 6.07) is 4.97. The van der Waals surface area contributed by atoms with Crippen molar-refractivity contribution in [2.24, 2.45) is 0 Å². The first-order chi connectivity index (χ1) is 7.16. The van der Waals surface area contributed by atoms with Crippen LogP contribution < -0.4 is 10.6 Å².